The molecule has 3 aromatic heterocycles. The molecule has 1 saturated carbocycles. The van der Waals surface area contributed by atoms with E-state index in [1.807, 2.05) is 38.3 Å². The molecule has 1 unspecified atom stereocenters. The van der Waals surface area contributed by atoms with E-state index in [1.165, 1.54) is 0 Å². The van der Waals surface area contributed by atoms with Gasteiger partial charge in [-0.15, -0.1) is 10.2 Å². The Hall–Kier alpha value is -2.51. The van der Waals surface area contributed by atoms with Crippen LogP contribution in [-0.2, 0) is 4.74 Å². The summed E-state index contributed by atoms with van der Waals surface area (Å²) in [5.41, 5.74) is 1.36. The molecular formula is C24H31F2N7O2S2. The first-order chi connectivity index (χ1) is 17.4. The number of alkyl halides is 2. The van der Waals surface area contributed by atoms with E-state index >= 15 is 0 Å². The fourth-order valence-corrected chi connectivity index (χ4v) is 5.76. The highest BCUT2D eigenvalue weighted by atomic mass is 32.2. The molecule has 3 aromatic rings. The van der Waals surface area contributed by atoms with E-state index in [0.29, 0.717) is 30.5 Å². The molecule has 1 N–H and O–H groups in total. The third kappa shape index (κ3) is 5.68. The Bertz CT molecular complexity index is 1300. The highest BCUT2D eigenvalue weighted by Crippen LogP contribution is 2.39. The van der Waals surface area contributed by atoms with E-state index < -0.39 is 12.0 Å². The van der Waals surface area contributed by atoms with E-state index in [1.54, 1.807) is 23.0 Å². The van der Waals surface area contributed by atoms with Crippen molar-refractivity contribution in [3.8, 4) is 10.8 Å². The molecule has 200 valence electrons. The molecule has 1 saturated heterocycles. The van der Waals surface area contributed by atoms with Crippen molar-refractivity contribution < 1.29 is 18.3 Å². The number of imidazole rings is 1. The van der Waals surface area contributed by atoms with Gasteiger partial charge in [0.05, 0.1) is 17.4 Å². The van der Waals surface area contributed by atoms with Crippen LogP contribution in [0, 0.1) is 0 Å². The second-order valence-corrected chi connectivity index (χ2v) is 12.8. The van der Waals surface area contributed by atoms with Gasteiger partial charge in [0.2, 0.25) is 0 Å². The van der Waals surface area contributed by atoms with Crippen LogP contribution in [-0.4, -0.2) is 67.4 Å². The lowest BCUT2D eigenvalue weighted by atomic mass is 10.1. The maximum absolute atomic E-state index is 13.2. The summed E-state index contributed by atoms with van der Waals surface area (Å²) in [7, 11) is 0. The summed E-state index contributed by atoms with van der Waals surface area (Å²) in [5.74, 6) is 0.473. The van der Waals surface area contributed by atoms with Crippen LogP contribution in [0.3, 0.4) is 0 Å². The number of halogens is 2. The van der Waals surface area contributed by atoms with Crippen molar-refractivity contribution >= 4 is 40.6 Å². The molecular weight excluding hydrogens is 520 g/mol. The topological polar surface area (TPSA) is 87.9 Å². The van der Waals surface area contributed by atoms with Crippen LogP contribution >= 0.6 is 23.3 Å². The minimum Gasteiger partial charge on any atom is -0.444 e. The van der Waals surface area contributed by atoms with Crippen molar-refractivity contribution in [1.29, 1.82) is 0 Å². The van der Waals surface area contributed by atoms with Crippen LogP contribution in [0.4, 0.5) is 19.3 Å². The van der Waals surface area contributed by atoms with Gasteiger partial charge in [-0.25, -0.2) is 18.6 Å². The van der Waals surface area contributed by atoms with E-state index in [2.05, 4.69) is 37.8 Å². The second kappa shape index (κ2) is 9.66. The van der Waals surface area contributed by atoms with Crippen molar-refractivity contribution in [2.24, 2.45) is 0 Å². The van der Waals surface area contributed by atoms with Crippen molar-refractivity contribution in [3.05, 3.63) is 23.5 Å². The number of pyridine rings is 1. The number of nitrogens with one attached hydrogen (secondary N) is 1. The van der Waals surface area contributed by atoms with Crippen LogP contribution < -0.4 is 9.62 Å². The van der Waals surface area contributed by atoms with Gasteiger partial charge in [-0.2, -0.15) is 0 Å². The SMILES string of the molecule is CC1CN(c2cc(SNC3(C)CC3)cn3c(-c4nnc(C(F)F)s4)ncc23)CCN1C(=O)OC(C)(C)C. The minimum atomic E-state index is -2.68. The highest BCUT2D eigenvalue weighted by Gasteiger charge is 2.37. The van der Waals surface area contributed by atoms with Crippen LogP contribution in [0.5, 0.6) is 0 Å². The summed E-state index contributed by atoms with van der Waals surface area (Å²) in [6, 6.07) is 2.05. The lowest BCUT2D eigenvalue weighted by Gasteiger charge is -2.41. The molecule has 2 aliphatic rings. The zero-order valence-electron chi connectivity index (χ0n) is 21.5. The molecule has 0 radical (unpaired) electrons. The average Bonchev–Trinajstić information content (AvgIpc) is 3.20. The number of hydrogen-bond acceptors (Lipinski definition) is 9. The highest BCUT2D eigenvalue weighted by molar-refractivity contribution is 7.97. The van der Waals surface area contributed by atoms with Gasteiger partial charge in [-0.05, 0) is 65.5 Å². The van der Waals surface area contributed by atoms with E-state index in [9.17, 15) is 13.6 Å². The van der Waals surface area contributed by atoms with Gasteiger partial charge in [0.15, 0.2) is 15.8 Å². The number of carbonyl (C=O) groups excluding carboxylic acids is 1. The first-order valence-corrected chi connectivity index (χ1v) is 13.9. The van der Waals surface area contributed by atoms with Gasteiger partial charge in [0.1, 0.15) is 5.60 Å². The largest absolute Gasteiger partial charge is 0.444 e. The number of amides is 1. The Labute approximate surface area is 222 Å². The minimum absolute atomic E-state index is 0.0670. The number of hydrogen-bond donors (Lipinski definition) is 1. The smallest absolute Gasteiger partial charge is 0.410 e. The summed E-state index contributed by atoms with van der Waals surface area (Å²) in [5, 5.41) is 7.63. The zero-order valence-corrected chi connectivity index (χ0v) is 23.1. The molecule has 1 amide bonds. The van der Waals surface area contributed by atoms with Gasteiger partial charge in [-0.3, -0.25) is 9.12 Å². The lowest BCUT2D eigenvalue weighted by molar-refractivity contribution is 0.0159. The van der Waals surface area contributed by atoms with Gasteiger partial charge in [-0.1, -0.05) is 11.3 Å². The van der Waals surface area contributed by atoms with Gasteiger partial charge >= 0.3 is 6.09 Å². The van der Waals surface area contributed by atoms with Crippen molar-refractivity contribution in [3.63, 3.8) is 0 Å². The Morgan fingerprint density at radius 2 is 2.05 bits per heavy atom. The monoisotopic (exact) mass is 551 g/mol. The fourth-order valence-electron chi connectivity index (χ4n) is 4.17. The molecule has 1 aliphatic carbocycles. The zero-order chi connectivity index (χ0) is 26.5. The number of rotatable bonds is 6. The molecule has 37 heavy (non-hydrogen) atoms. The number of carbonyl (C=O) groups is 1. The van der Waals surface area contributed by atoms with Crippen LogP contribution in [0.1, 0.15) is 58.9 Å². The van der Waals surface area contributed by atoms with E-state index in [-0.39, 0.29) is 22.7 Å². The molecule has 4 heterocycles. The number of piperazine rings is 1. The standard InChI is InChI=1S/C24H31F2N7O2S2/c1-14-12-31(8-9-32(14)22(34)35-23(2,3)4)16-10-15(37-30-24(5)6-7-24)13-33-17(16)11-27-19(33)21-29-28-20(36-21)18(25)26/h10-11,13-14,18,30H,6-9,12H2,1-5H3. The van der Waals surface area contributed by atoms with Crippen LogP contribution in [0.25, 0.3) is 16.3 Å². The molecule has 13 heteroatoms. The first kappa shape index (κ1) is 26.1. The third-order valence-corrected chi connectivity index (χ3v) is 8.41. The molecule has 1 aliphatic heterocycles. The molecule has 5 rings (SSSR count). The molecule has 0 spiro atoms. The van der Waals surface area contributed by atoms with Gasteiger partial charge in [0.25, 0.3) is 6.43 Å². The number of aromatic nitrogens is 4. The van der Waals surface area contributed by atoms with E-state index in [0.717, 1.165) is 40.3 Å². The lowest BCUT2D eigenvalue weighted by Crippen LogP contribution is -2.55. The van der Waals surface area contributed by atoms with Crippen LogP contribution in [0.2, 0.25) is 0 Å². The summed E-state index contributed by atoms with van der Waals surface area (Å²) in [4.78, 5) is 22.2. The summed E-state index contributed by atoms with van der Waals surface area (Å²) in [6.45, 7) is 11.5. The van der Waals surface area contributed by atoms with Gasteiger partial charge in [0, 0.05) is 42.3 Å². The summed E-state index contributed by atoms with van der Waals surface area (Å²) in [6.07, 6.45) is 2.95. The number of anilines is 1. The molecule has 0 bridgehead atoms. The van der Waals surface area contributed by atoms with Gasteiger partial charge < -0.3 is 14.5 Å². The number of ether oxygens (including phenoxy) is 1. The first-order valence-electron chi connectivity index (χ1n) is 12.2. The number of fused-ring (bicyclic) bond motifs is 1. The Kier molecular flexibility index (Phi) is 6.82. The maximum Gasteiger partial charge on any atom is 0.410 e. The van der Waals surface area contributed by atoms with Crippen LogP contribution in [0.15, 0.2) is 23.4 Å². The summed E-state index contributed by atoms with van der Waals surface area (Å²) < 4.78 is 37.4. The molecule has 9 nitrogen and oxygen atoms in total. The second-order valence-electron chi connectivity index (χ2n) is 10.9. The quantitative estimate of drug-likeness (QED) is 0.409. The third-order valence-electron chi connectivity index (χ3n) is 6.42. The average molecular weight is 552 g/mol. The van der Waals surface area contributed by atoms with Crippen molar-refractivity contribution in [2.75, 3.05) is 24.5 Å². The molecule has 0 aromatic carbocycles. The fraction of sp³-hybridized carbons (Fsp3) is 0.583. The molecule has 1 atom stereocenters. The Balaban J connectivity index is 1.46. The maximum atomic E-state index is 13.2. The molecule has 2 fully saturated rings. The van der Waals surface area contributed by atoms with E-state index in [4.69, 9.17) is 4.74 Å². The number of nitrogens with zero attached hydrogens (tertiary/aromatic N) is 6. The predicted molar refractivity (Wildman–Crippen MR) is 140 cm³/mol. The summed E-state index contributed by atoms with van der Waals surface area (Å²) >= 11 is 2.40. The van der Waals surface area contributed by atoms with Crippen molar-refractivity contribution in [1.82, 2.24) is 29.2 Å². The Morgan fingerprint density at radius 1 is 1.30 bits per heavy atom. The predicted octanol–water partition coefficient (Wildman–Crippen LogP) is 5.39. The Morgan fingerprint density at radius 3 is 2.68 bits per heavy atom. The normalized spacial score (nSPS) is 19.6. The van der Waals surface area contributed by atoms with Crippen molar-refractivity contribution in [2.45, 2.75) is 76.0 Å².